The van der Waals surface area contributed by atoms with Crippen molar-refractivity contribution in [2.45, 2.75) is 33.7 Å². The van der Waals surface area contributed by atoms with Crippen molar-refractivity contribution in [2.24, 2.45) is 5.41 Å². The number of nitrogens with zero attached hydrogens (tertiary/aromatic N) is 4. The summed E-state index contributed by atoms with van der Waals surface area (Å²) in [5.74, 6) is 0.209. The summed E-state index contributed by atoms with van der Waals surface area (Å²) in [6.07, 6.45) is 6.95. The maximum atomic E-state index is 9.11. The third-order valence-corrected chi connectivity index (χ3v) is 4.10. The van der Waals surface area contributed by atoms with Gasteiger partial charge in [0.25, 0.3) is 0 Å². The van der Waals surface area contributed by atoms with E-state index in [0.29, 0.717) is 0 Å². The van der Waals surface area contributed by atoms with Crippen LogP contribution in [0.1, 0.15) is 44.3 Å². The summed E-state index contributed by atoms with van der Waals surface area (Å²) >= 11 is 0. The average Bonchev–Trinajstić information content (AvgIpc) is 2.95. The second-order valence-electron chi connectivity index (χ2n) is 7.36. The molecule has 0 saturated carbocycles. The molecule has 0 bridgehead atoms. The smallest absolute Gasteiger partial charge is 0.234 e. The quantitative estimate of drug-likeness (QED) is 0.683. The molecule has 3 aromatic rings. The van der Waals surface area contributed by atoms with Crippen LogP contribution in [0.25, 0.3) is 23.2 Å². The van der Waals surface area contributed by atoms with Gasteiger partial charge < -0.3 is 4.57 Å². The maximum absolute atomic E-state index is 9.11. The predicted octanol–water partition coefficient (Wildman–Crippen LogP) is 4.91. The summed E-state index contributed by atoms with van der Waals surface area (Å²) in [5.41, 5.74) is 3.28. The largest absolute Gasteiger partial charge is 0.326 e. The van der Waals surface area contributed by atoms with E-state index in [-0.39, 0.29) is 11.2 Å². The Labute approximate surface area is 148 Å². The van der Waals surface area contributed by atoms with Crippen LogP contribution in [0.3, 0.4) is 0 Å². The predicted molar refractivity (Wildman–Crippen MR) is 102 cm³/mol. The molecule has 25 heavy (non-hydrogen) atoms. The van der Waals surface area contributed by atoms with E-state index < -0.39 is 0 Å². The molecule has 4 nitrogen and oxygen atoms in total. The van der Waals surface area contributed by atoms with Gasteiger partial charge in [0.2, 0.25) is 5.82 Å². The van der Waals surface area contributed by atoms with Crippen LogP contribution < -0.4 is 0 Å². The number of rotatable bonds is 4. The molecule has 0 aliphatic carbocycles. The van der Waals surface area contributed by atoms with Crippen molar-refractivity contribution >= 4 is 23.2 Å². The minimum absolute atomic E-state index is 0.209. The van der Waals surface area contributed by atoms with Crippen molar-refractivity contribution in [2.75, 3.05) is 0 Å². The lowest BCUT2D eigenvalue weighted by molar-refractivity contribution is 0.352. The number of fused-ring (bicyclic) bond motifs is 1. The summed E-state index contributed by atoms with van der Waals surface area (Å²) in [6, 6.07) is 14.3. The Morgan fingerprint density at radius 2 is 1.92 bits per heavy atom. The Balaban J connectivity index is 2.03. The number of hydrogen-bond donors (Lipinski definition) is 0. The van der Waals surface area contributed by atoms with Crippen LogP contribution in [-0.2, 0) is 6.54 Å². The summed E-state index contributed by atoms with van der Waals surface area (Å²) < 4.78 is 2.18. The number of aromatic nitrogens is 3. The van der Waals surface area contributed by atoms with Crippen LogP contribution in [0.2, 0.25) is 0 Å². The highest BCUT2D eigenvalue weighted by molar-refractivity contribution is 5.82. The molecule has 126 valence electrons. The summed E-state index contributed by atoms with van der Waals surface area (Å²) in [7, 11) is 0. The lowest BCUT2D eigenvalue weighted by Gasteiger charge is -2.19. The van der Waals surface area contributed by atoms with E-state index in [4.69, 9.17) is 5.26 Å². The van der Waals surface area contributed by atoms with E-state index in [1.165, 1.54) is 0 Å². The molecule has 0 spiro atoms. The lowest BCUT2D eigenvalue weighted by atomic mass is 9.92. The van der Waals surface area contributed by atoms with E-state index in [1.54, 1.807) is 6.20 Å². The van der Waals surface area contributed by atoms with Crippen molar-refractivity contribution in [3.63, 3.8) is 0 Å². The Morgan fingerprint density at radius 1 is 1.16 bits per heavy atom. The minimum atomic E-state index is 0.209. The van der Waals surface area contributed by atoms with Crippen LogP contribution >= 0.6 is 0 Å². The third-order valence-electron chi connectivity index (χ3n) is 4.10. The molecule has 0 aliphatic heterocycles. The number of nitriles is 1. The fourth-order valence-electron chi connectivity index (χ4n) is 2.68. The van der Waals surface area contributed by atoms with Crippen LogP contribution in [-0.4, -0.2) is 14.5 Å². The van der Waals surface area contributed by atoms with Gasteiger partial charge in [0.15, 0.2) is 0 Å². The first-order valence-corrected chi connectivity index (χ1v) is 8.46. The highest BCUT2D eigenvalue weighted by atomic mass is 15.1. The molecule has 0 aliphatic rings. The van der Waals surface area contributed by atoms with E-state index in [2.05, 4.69) is 65.7 Å². The molecule has 4 heteroatoms. The molecular formula is C21H22N4. The minimum Gasteiger partial charge on any atom is -0.326 e. The molecule has 3 rings (SSSR count). The molecular weight excluding hydrogens is 308 g/mol. The summed E-state index contributed by atoms with van der Waals surface area (Å²) in [5, 5.41) is 10.1. The zero-order valence-electron chi connectivity index (χ0n) is 14.9. The summed E-state index contributed by atoms with van der Waals surface area (Å²) in [6.45, 7) is 7.54. The fourth-order valence-corrected chi connectivity index (χ4v) is 2.68. The second kappa shape index (κ2) is 6.90. The van der Waals surface area contributed by atoms with Crippen molar-refractivity contribution in [1.82, 2.24) is 14.5 Å². The number of benzene rings is 1. The molecule has 2 heterocycles. The zero-order chi connectivity index (χ0) is 17.9. The first-order valence-electron chi connectivity index (χ1n) is 8.46. The van der Waals surface area contributed by atoms with Gasteiger partial charge in [-0.25, -0.2) is 9.97 Å². The van der Waals surface area contributed by atoms with Crippen LogP contribution in [0.4, 0.5) is 0 Å². The molecule has 0 saturated heterocycles. The third kappa shape index (κ3) is 4.13. The monoisotopic (exact) mass is 330 g/mol. The number of aryl methyl sites for hydroxylation is 1. The van der Waals surface area contributed by atoms with Gasteiger partial charge in [-0.05, 0) is 29.5 Å². The van der Waals surface area contributed by atoms with Crippen LogP contribution in [0.15, 0.2) is 42.6 Å². The first-order chi connectivity index (χ1) is 12.0. The molecule has 0 unspecified atom stereocenters. The van der Waals surface area contributed by atoms with Crippen LogP contribution in [0.5, 0.6) is 0 Å². The Bertz CT molecular complexity index is 938. The van der Waals surface area contributed by atoms with Gasteiger partial charge >= 0.3 is 0 Å². The van der Waals surface area contributed by atoms with Gasteiger partial charge in [-0.3, -0.25) is 0 Å². The summed E-state index contributed by atoms with van der Waals surface area (Å²) in [4.78, 5) is 8.52. The molecule has 0 N–H and O–H groups in total. The normalized spacial score (nSPS) is 11.9. The topological polar surface area (TPSA) is 54.5 Å². The maximum Gasteiger partial charge on any atom is 0.234 e. The van der Waals surface area contributed by atoms with Gasteiger partial charge in [0, 0.05) is 23.8 Å². The van der Waals surface area contributed by atoms with Gasteiger partial charge in [-0.2, -0.15) is 5.26 Å². The molecule has 0 radical (unpaired) electrons. The van der Waals surface area contributed by atoms with Crippen molar-refractivity contribution in [3.05, 3.63) is 59.7 Å². The SMILES string of the molecule is CC(C)(C)CCn1c(C=Cc2ccccc2)cc2cnc(C#N)nc21. The van der Waals surface area contributed by atoms with Crippen molar-refractivity contribution in [1.29, 1.82) is 5.26 Å². The average molecular weight is 330 g/mol. The molecule has 1 aromatic carbocycles. The Morgan fingerprint density at radius 3 is 2.60 bits per heavy atom. The van der Waals surface area contributed by atoms with E-state index in [0.717, 1.165) is 35.3 Å². The number of hydrogen-bond acceptors (Lipinski definition) is 3. The van der Waals surface area contributed by atoms with Gasteiger partial charge in [-0.15, -0.1) is 0 Å². The van der Waals surface area contributed by atoms with E-state index in [9.17, 15) is 0 Å². The highest BCUT2D eigenvalue weighted by Gasteiger charge is 2.14. The van der Waals surface area contributed by atoms with Crippen molar-refractivity contribution < 1.29 is 0 Å². The first kappa shape index (κ1) is 16.9. The standard InChI is InChI=1S/C21H22N4/c1-21(2,3)11-12-25-18(10-9-16-7-5-4-6-8-16)13-17-15-23-19(14-22)24-20(17)25/h4-10,13,15H,11-12H2,1-3H3. The Kier molecular flexibility index (Phi) is 4.67. The second-order valence-corrected chi connectivity index (χ2v) is 7.36. The Hall–Kier alpha value is -2.93. The van der Waals surface area contributed by atoms with Crippen LogP contribution in [0, 0.1) is 16.7 Å². The van der Waals surface area contributed by atoms with Gasteiger partial charge in [0.05, 0.1) is 0 Å². The lowest BCUT2D eigenvalue weighted by Crippen LogP contribution is -2.11. The highest BCUT2D eigenvalue weighted by Crippen LogP contribution is 2.25. The van der Waals surface area contributed by atoms with Gasteiger partial charge in [0.1, 0.15) is 11.7 Å². The molecule has 0 amide bonds. The zero-order valence-corrected chi connectivity index (χ0v) is 14.9. The molecule has 0 atom stereocenters. The van der Waals surface area contributed by atoms with Gasteiger partial charge in [-0.1, -0.05) is 57.2 Å². The fraction of sp³-hybridized carbons (Fsp3) is 0.286. The van der Waals surface area contributed by atoms with E-state index in [1.807, 2.05) is 24.3 Å². The van der Waals surface area contributed by atoms with E-state index >= 15 is 0 Å². The van der Waals surface area contributed by atoms with Crippen molar-refractivity contribution in [3.8, 4) is 6.07 Å². The molecule has 2 aromatic heterocycles. The molecule has 0 fully saturated rings.